The number of aliphatic hydroxyl groups is 2. The van der Waals surface area contributed by atoms with Gasteiger partial charge < -0.3 is 15.9 Å². The van der Waals surface area contributed by atoms with E-state index in [4.69, 9.17) is 5.73 Å². The molecule has 0 amide bonds. The maximum atomic E-state index is 11.2. The van der Waals surface area contributed by atoms with Crippen LogP contribution in [0.4, 0.5) is 0 Å². The molecule has 0 aromatic rings. The molecule has 3 heteroatoms. The highest BCUT2D eigenvalue weighted by molar-refractivity contribution is 5.21. The van der Waals surface area contributed by atoms with Crippen LogP contribution in [-0.2, 0) is 0 Å². The smallest absolute Gasteiger partial charge is 0.0610 e. The van der Waals surface area contributed by atoms with Crippen molar-refractivity contribution in [1.82, 2.24) is 0 Å². The van der Waals surface area contributed by atoms with E-state index in [9.17, 15) is 10.2 Å². The number of allylic oxidation sites excluding steroid dienone is 1. The maximum Gasteiger partial charge on any atom is 0.0610 e. The Balaban J connectivity index is 1.85. The molecule has 0 heterocycles. The minimum absolute atomic E-state index is 0.0231. The molecule has 0 aromatic heterocycles. The Morgan fingerprint density at radius 3 is 2.59 bits per heavy atom. The summed E-state index contributed by atoms with van der Waals surface area (Å²) in [5.41, 5.74) is 7.62. The van der Waals surface area contributed by atoms with Crippen LogP contribution in [0.2, 0.25) is 0 Å². The Labute approximate surface area is 135 Å². The minimum atomic E-state index is -0.258. The fourth-order valence-electron chi connectivity index (χ4n) is 5.96. The van der Waals surface area contributed by atoms with E-state index in [1.807, 2.05) is 0 Å². The van der Waals surface area contributed by atoms with Crippen LogP contribution in [0.1, 0.15) is 58.8 Å². The van der Waals surface area contributed by atoms with Crippen LogP contribution in [0, 0.1) is 28.6 Å². The summed E-state index contributed by atoms with van der Waals surface area (Å²) >= 11 is 0. The Morgan fingerprint density at radius 2 is 1.91 bits per heavy atom. The molecule has 0 bridgehead atoms. The number of aliphatic hydroxyl groups excluding tert-OH is 2. The Hall–Kier alpha value is -0.380. The van der Waals surface area contributed by atoms with E-state index >= 15 is 0 Å². The molecule has 3 aliphatic rings. The van der Waals surface area contributed by atoms with E-state index in [1.165, 1.54) is 5.57 Å². The van der Waals surface area contributed by atoms with Crippen LogP contribution in [0.3, 0.4) is 0 Å². The fraction of sp³-hybridized carbons (Fsp3) is 0.895. The van der Waals surface area contributed by atoms with Crippen LogP contribution < -0.4 is 5.73 Å². The van der Waals surface area contributed by atoms with Gasteiger partial charge in [0.05, 0.1) is 6.10 Å². The van der Waals surface area contributed by atoms with Gasteiger partial charge in [0.2, 0.25) is 0 Å². The molecule has 7 unspecified atom stereocenters. The lowest BCUT2D eigenvalue weighted by Gasteiger charge is -2.55. The fourth-order valence-corrected chi connectivity index (χ4v) is 5.96. The molecule has 3 fully saturated rings. The molecule has 0 saturated heterocycles. The summed E-state index contributed by atoms with van der Waals surface area (Å²) < 4.78 is 0. The van der Waals surface area contributed by atoms with Gasteiger partial charge in [-0.15, -0.1) is 0 Å². The number of hydrogen-bond donors (Lipinski definition) is 3. The molecule has 3 nitrogen and oxygen atoms in total. The van der Waals surface area contributed by atoms with Crippen molar-refractivity contribution >= 4 is 0 Å². The van der Waals surface area contributed by atoms with Gasteiger partial charge >= 0.3 is 0 Å². The topological polar surface area (TPSA) is 66.5 Å². The normalized spacial score (nSPS) is 52.6. The molecule has 0 aromatic carbocycles. The molecule has 3 saturated carbocycles. The highest BCUT2D eigenvalue weighted by atomic mass is 16.3. The summed E-state index contributed by atoms with van der Waals surface area (Å²) in [4.78, 5) is 0. The molecular weight excluding hydrogens is 274 g/mol. The molecule has 4 N–H and O–H groups in total. The van der Waals surface area contributed by atoms with Gasteiger partial charge in [-0.3, -0.25) is 0 Å². The lowest BCUT2D eigenvalue weighted by Crippen LogP contribution is -2.54. The zero-order valence-electron chi connectivity index (χ0n) is 14.2. The second kappa shape index (κ2) is 5.61. The summed E-state index contributed by atoms with van der Waals surface area (Å²) in [6.07, 6.45) is 7.02. The van der Waals surface area contributed by atoms with Crippen molar-refractivity contribution in [3.8, 4) is 0 Å². The van der Waals surface area contributed by atoms with Crippen molar-refractivity contribution in [1.29, 1.82) is 0 Å². The molecule has 0 spiro atoms. The number of nitrogens with two attached hydrogens (primary N) is 1. The summed E-state index contributed by atoms with van der Waals surface area (Å²) in [7, 11) is 0. The van der Waals surface area contributed by atoms with Gasteiger partial charge in [-0.05, 0) is 73.5 Å². The van der Waals surface area contributed by atoms with Crippen LogP contribution in [-0.4, -0.2) is 29.0 Å². The van der Waals surface area contributed by atoms with Gasteiger partial charge in [0.15, 0.2) is 0 Å². The first-order valence-corrected chi connectivity index (χ1v) is 9.05. The molecule has 0 aliphatic heterocycles. The molecule has 3 aliphatic carbocycles. The second-order valence-electron chi connectivity index (χ2n) is 8.72. The molecular formula is C19H33NO2. The highest BCUT2D eigenvalue weighted by Crippen LogP contribution is 2.60. The summed E-state index contributed by atoms with van der Waals surface area (Å²) in [5, 5.41) is 21.1. The molecule has 126 valence electrons. The first-order chi connectivity index (χ1) is 10.3. The minimum Gasteiger partial charge on any atom is -0.396 e. The Bertz CT molecular complexity index is 451. The first kappa shape index (κ1) is 16.5. The van der Waals surface area contributed by atoms with E-state index in [0.717, 1.165) is 44.9 Å². The van der Waals surface area contributed by atoms with Crippen molar-refractivity contribution in [2.75, 3.05) is 6.61 Å². The van der Waals surface area contributed by atoms with Gasteiger partial charge in [0.25, 0.3) is 0 Å². The third-order valence-corrected chi connectivity index (χ3v) is 7.82. The molecule has 7 atom stereocenters. The van der Waals surface area contributed by atoms with Crippen molar-refractivity contribution in [2.24, 2.45) is 34.3 Å². The zero-order chi connectivity index (χ0) is 16.1. The van der Waals surface area contributed by atoms with Gasteiger partial charge in [-0.2, -0.15) is 0 Å². The number of hydrogen-bond acceptors (Lipinski definition) is 3. The van der Waals surface area contributed by atoms with Gasteiger partial charge in [-0.25, -0.2) is 0 Å². The summed E-state index contributed by atoms with van der Waals surface area (Å²) in [5.74, 6) is 0.872. The van der Waals surface area contributed by atoms with E-state index in [1.54, 1.807) is 0 Å². The predicted molar refractivity (Wildman–Crippen MR) is 89.2 cm³/mol. The largest absolute Gasteiger partial charge is 0.396 e. The average molecular weight is 307 g/mol. The third-order valence-electron chi connectivity index (χ3n) is 7.82. The summed E-state index contributed by atoms with van der Waals surface area (Å²) in [6.45, 7) is 9.06. The highest BCUT2D eigenvalue weighted by Gasteiger charge is 2.56. The summed E-state index contributed by atoms with van der Waals surface area (Å²) in [6, 6.07) is 0.211. The predicted octanol–water partition coefficient (Wildman–Crippen LogP) is 2.86. The van der Waals surface area contributed by atoms with E-state index in [0.29, 0.717) is 11.8 Å². The lowest BCUT2D eigenvalue weighted by atomic mass is 9.52. The standard InChI is InChI=1S/C19H33NO2/c1-12-4-5-15-17(22)16(7-9-18(12,15)2)19(3)8-6-14(20)10-13(19)11-21/h13-17,21-22H,1,4-11,20H2,2-3H3. The van der Waals surface area contributed by atoms with Crippen LogP contribution in [0.15, 0.2) is 12.2 Å². The molecule has 0 radical (unpaired) electrons. The van der Waals surface area contributed by atoms with Gasteiger partial charge in [0.1, 0.15) is 0 Å². The zero-order valence-corrected chi connectivity index (χ0v) is 14.2. The van der Waals surface area contributed by atoms with Crippen molar-refractivity contribution in [2.45, 2.75) is 70.9 Å². The third kappa shape index (κ3) is 2.28. The Kier molecular flexibility index (Phi) is 4.20. The maximum absolute atomic E-state index is 11.2. The lowest BCUT2D eigenvalue weighted by molar-refractivity contribution is -0.115. The quantitative estimate of drug-likeness (QED) is 0.687. The monoisotopic (exact) mass is 307 g/mol. The number of rotatable bonds is 2. The van der Waals surface area contributed by atoms with Crippen molar-refractivity contribution < 1.29 is 10.2 Å². The molecule has 3 rings (SSSR count). The SMILES string of the molecule is C=C1CCC2C(O)C(C3(C)CCC(N)CC3CO)CCC12C. The van der Waals surface area contributed by atoms with Crippen LogP contribution in [0.25, 0.3) is 0 Å². The first-order valence-electron chi connectivity index (χ1n) is 9.05. The Morgan fingerprint density at radius 1 is 1.18 bits per heavy atom. The van der Waals surface area contributed by atoms with Gasteiger partial charge in [0, 0.05) is 12.6 Å². The van der Waals surface area contributed by atoms with E-state index < -0.39 is 0 Å². The number of fused-ring (bicyclic) bond motifs is 1. The van der Waals surface area contributed by atoms with Gasteiger partial charge in [-0.1, -0.05) is 26.0 Å². The van der Waals surface area contributed by atoms with Crippen molar-refractivity contribution in [3.63, 3.8) is 0 Å². The van der Waals surface area contributed by atoms with Crippen molar-refractivity contribution in [3.05, 3.63) is 12.2 Å². The van der Waals surface area contributed by atoms with E-state index in [-0.39, 0.29) is 35.5 Å². The second-order valence-corrected chi connectivity index (χ2v) is 8.72. The molecule has 22 heavy (non-hydrogen) atoms. The van der Waals surface area contributed by atoms with Crippen LogP contribution in [0.5, 0.6) is 0 Å². The average Bonchev–Trinajstić information content (AvgIpc) is 2.78. The van der Waals surface area contributed by atoms with E-state index in [2.05, 4.69) is 20.4 Å². The van der Waals surface area contributed by atoms with Crippen LogP contribution >= 0.6 is 0 Å².